The third kappa shape index (κ3) is 3.19. The number of carbonyl (C=O) groups is 1. The molecular weight excluding hydrogens is 275 g/mol. The zero-order chi connectivity index (χ0) is 12.3. The van der Waals surface area contributed by atoms with Crippen LogP contribution in [0.5, 0.6) is 0 Å². The van der Waals surface area contributed by atoms with E-state index in [-0.39, 0.29) is 5.78 Å². The van der Waals surface area contributed by atoms with Gasteiger partial charge in [-0.2, -0.15) is 0 Å². The van der Waals surface area contributed by atoms with Crippen LogP contribution in [0, 0.1) is 0 Å². The van der Waals surface area contributed by atoms with Crippen LogP contribution in [0.3, 0.4) is 0 Å². The summed E-state index contributed by atoms with van der Waals surface area (Å²) in [5.41, 5.74) is 1.42. The van der Waals surface area contributed by atoms with Crippen LogP contribution in [-0.4, -0.2) is 5.78 Å². The third-order valence-corrected chi connectivity index (χ3v) is 3.64. The Morgan fingerprint density at radius 2 is 1.88 bits per heavy atom. The number of hydrogen-bond donors (Lipinski definition) is 0. The van der Waals surface area contributed by atoms with Crippen molar-refractivity contribution in [2.45, 2.75) is 0 Å². The SMILES string of the molecule is O=C(/C=C/c1ccccc1)c1cc(Cl)sc1Cl. The van der Waals surface area contributed by atoms with Gasteiger partial charge in [-0.3, -0.25) is 4.79 Å². The highest BCUT2D eigenvalue weighted by Gasteiger charge is 2.11. The molecule has 1 aromatic heterocycles. The predicted molar refractivity (Wildman–Crippen MR) is 74.1 cm³/mol. The molecule has 2 aromatic rings. The van der Waals surface area contributed by atoms with E-state index in [0.29, 0.717) is 14.2 Å². The van der Waals surface area contributed by atoms with E-state index in [4.69, 9.17) is 23.2 Å². The smallest absolute Gasteiger partial charge is 0.188 e. The fourth-order valence-corrected chi connectivity index (χ4v) is 2.81. The highest BCUT2D eigenvalue weighted by atomic mass is 35.5. The van der Waals surface area contributed by atoms with Gasteiger partial charge in [0.05, 0.1) is 9.90 Å². The van der Waals surface area contributed by atoms with Gasteiger partial charge in [-0.05, 0) is 17.7 Å². The van der Waals surface area contributed by atoms with Crippen molar-refractivity contribution >= 4 is 46.4 Å². The minimum absolute atomic E-state index is 0.137. The molecule has 0 atom stereocenters. The van der Waals surface area contributed by atoms with E-state index in [1.807, 2.05) is 30.3 Å². The van der Waals surface area contributed by atoms with E-state index in [9.17, 15) is 4.79 Å². The first-order valence-corrected chi connectivity index (χ1v) is 6.46. The average Bonchev–Trinajstić information content (AvgIpc) is 2.67. The van der Waals surface area contributed by atoms with Crippen LogP contribution in [0.2, 0.25) is 8.67 Å². The third-order valence-electron chi connectivity index (χ3n) is 2.15. The molecule has 17 heavy (non-hydrogen) atoms. The second kappa shape index (κ2) is 5.50. The Kier molecular flexibility index (Phi) is 4.00. The van der Waals surface area contributed by atoms with E-state index < -0.39 is 0 Å². The van der Waals surface area contributed by atoms with Gasteiger partial charge in [0.25, 0.3) is 0 Å². The first-order valence-electron chi connectivity index (χ1n) is 4.89. The van der Waals surface area contributed by atoms with Gasteiger partial charge in [0.15, 0.2) is 5.78 Å². The lowest BCUT2D eigenvalue weighted by atomic mass is 10.1. The van der Waals surface area contributed by atoms with E-state index in [1.54, 1.807) is 12.1 Å². The van der Waals surface area contributed by atoms with Crippen molar-refractivity contribution in [2.24, 2.45) is 0 Å². The summed E-state index contributed by atoms with van der Waals surface area (Å²) in [5, 5.41) is 0. The number of rotatable bonds is 3. The highest BCUT2D eigenvalue weighted by molar-refractivity contribution is 7.20. The van der Waals surface area contributed by atoms with Crippen molar-refractivity contribution in [2.75, 3.05) is 0 Å². The van der Waals surface area contributed by atoms with Gasteiger partial charge in [-0.15, -0.1) is 11.3 Å². The zero-order valence-electron chi connectivity index (χ0n) is 8.69. The van der Waals surface area contributed by atoms with Crippen molar-refractivity contribution in [1.29, 1.82) is 0 Å². The van der Waals surface area contributed by atoms with Crippen LogP contribution in [0.15, 0.2) is 42.5 Å². The van der Waals surface area contributed by atoms with Crippen molar-refractivity contribution in [3.63, 3.8) is 0 Å². The molecule has 4 heteroatoms. The molecule has 86 valence electrons. The fourth-order valence-electron chi connectivity index (χ4n) is 1.33. The topological polar surface area (TPSA) is 17.1 Å². The van der Waals surface area contributed by atoms with Gasteiger partial charge in [0.1, 0.15) is 4.34 Å². The summed E-state index contributed by atoms with van der Waals surface area (Å²) in [5.74, 6) is -0.137. The van der Waals surface area contributed by atoms with E-state index in [1.165, 1.54) is 17.4 Å². The Bertz CT molecular complexity index is 558. The molecular formula is C13H8Cl2OS. The van der Waals surface area contributed by atoms with Crippen molar-refractivity contribution in [3.8, 4) is 0 Å². The molecule has 0 saturated carbocycles. The maximum absolute atomic E-state index is 11.8. The Labute approximate surface area is 113 Å². The molecule has 0 fully saturated rings. The van der Waals surface area contributed by atoms with E-state index in [0.717, 1.165) is 5.56 Å². The summed E-state index contributed by atoms with van der Waals surface area (Å²) in [6, 6.07) is 11.2. The average molecular weight is 283 g/mol. The number of carbonyl (C=O) groups excluding carboxylic acids is 1. The zero-order valence-corrected chi connectivity index (χ0v) is 11.0. The molecule has 0 N–H and O–H groups in total. The van der Waals surface area contributed by atoms with Crippen molar-refractivity contribution in [3.05, 3.63) is 62.3 Å². The predicted octanol–water partition coefficient (Wildman–Crippen LogP) is 4.95. The lowest BCUT2D eigenvalue weighted by Crippen LogP contribution is -1.91. The number of benzene rings is 1. The molecule has 0 amide bonds. The number of ketones is 1. The van der Waals surface area contributed by atoms with E-state index in [2.05, 4.69) is 0 Å². The summed E-state index contributed by atoms with van der Waals surface area (Å²) in [7, 11) is 0. The molecule has 0 unspecified atom stereocenters. The molecule has 0 aliphatic heterocycles. The number of thiophene rings is 1. The first-order chi connectivity index (χ1) is 8.16. The second-order valence-corrected chi connectivity index (χ2v) is 5.63. The summed E-state index contributed by atoms with van der Waals surface area (Å²) in [4.78, 5) is 11.8. The van der Waals surface area contributed by atoms with Crippen molar-refractivity contribution in [1.82, 2.24) is 0 Å². The van der Waals surface area contributed by atoms with Gasteiger partial charge in [-0.1, -0.05) is 59.6 Å². The summed E-state index contributed by atoms with van der Waals surface area (Å²) >= 11 is 12.9. The van der Waals surface area contributed by atoms with Gasteiger partial charge < -0.3 is 0 Å². The molecule has 0 aliphatic rings. The van der Waals surface area contributed by atoms with Crippen LogP contribution >= 0.6 is 34.5 Å². The van der Waals surface area contributed by atoms with Crippen molar-refractivity contribution < 1.29 is 4.79 Å². The molecule has 0 aliphatic carbocycles. The minimum atomic E-state index is -0.137. The molecule has 2 rings (SSSR count). The van der Waals surface area contributed by atoms with E-state index >= 15 is 0 Å². The molecule has 1 aromatic carbocycles. The van der Waals surface area contributed by atoms with Crippen LogP contribution in [0.25, 0.3) is 6.08 Å². The number of halogens is 2. The van der Waals surface area contributed by atoms with Gasteiger partial charge >= 0.3 is 0 Å². The van der Waals surface area contributed by atoms with Gasteiger partial charge in [0, 0.05) is 0 Å². The quantitative estimate of drug-likeness (QED) is 0.575. The normalized spacial score (nSPS) is 10.9. The largest absolute Gasteiger partial charge is 0.289 e. The Hall–Kier alpha value is -1.09. The minimum Gasteiger partial charge on any atom is -0.289 e. The molecule has 1 nitrogen and oxygen atoms in total. The fraction of sp³-hybridized carbons (Fsp3) is 0. The van der Waals surface area contributed by atoms with Crippen LogP contribution in [0.1, 0.15) is 15.9 Å². The molecule has 1 heterocycles. The second-order valence-electron chi connectivity index (χ2n) is 3.35. The first kappa shape index (κ1) is 12.4. The lowest BCUT2D eigenvalue weighted by molar-refractivity contribution is 0.104. The van der Waals surface area contributed by atoms with Crippen LogP contribution < -0.4 is 0 Å². The Morgan fingerprint density at radius 1 is 1.18 bits per heavy atom. The summed E-state index contributed by atoms with van der Waals surface area (Å²) in [6.45, 7) is 0. The Morgan fingerprint density at radius 3 is 2.47 bits per heavy atom. The summed E-state index contributed by atoms with van der Waals surface area (Å²) < 4.78 is 0.948. The molecule has 0 saturated heterocycles. The molecule has 0 bridgehead atoms. The van der Waals surface area contributed by atoms with Crippen LogP contribution in [-0.2, 0) is 0 Å². The molecule has 0 radical (unpaired) electrons. The number of allylic oxidation sites excluding steroid dienone is 1. The maximum atomic E-state index is 11.8. The lowest BCUT2D eigenvalue weighted by Gasteiger charge is -1.92. The maximum Gasteiger partial charge on any atom is 0.188 e. The summed E-state index contributed by atoms with van der Waals surface area (Å²) in [6.07, 6.45) is 3.25. The Balaban J connectivity index is 2.18. The monoisotopic (exact) mass is 282 g/mol. The number of hydrogen-bond acceptors (Lipinski definition) is 2. The molecule has 0 spiro atoms. The standard InChI is InChI=1S/C13H8Cl2OS/c14-12-8-10(13(15)17-12)11(16)7-6-9-4-2-1-3-5-9/h1-8H/b7-6+. The van der Waals surface area contributed by atoms with Gasteiger partial charge in [0.2, 0.25) is 0 Å². The highest BCUT2D eigenvalue weighted by Crippen LogP contribution is 2.31. The van der Waals surface area contributed by atoms with Gasteiger partial charge in [-0.25, -0.2) is 0 Å². The van der Waals surface area contributed by atoms with Crippen LogP contribution in [0.4, 0.5) is 0 Å².